The molecule has 0 bridgehead atoms. The highest BCUT2D eigenvalue weighted by Gasteiger charge is 2.29. The number of hydrogen-bond acceptors (Lipinski definition) is 5. The van der Waals surface area contributed by atoms with Crippen LogP contribution in [0.25, 0.3) is 0 Å². The quantitative estimate of drug-likeness (QED) is 0.772. The van der Waals surface area contributed by atoms with Crippen LogP contribution in [0.15, 0.2) is 47.1 Å². The van der Waals surface area contributed by atoms with Gasteiger partial charge in [0.1, 0.15) is 0 Å². The van der Waals surface area contributed by atoms with E-state index in [1.54, 1.807) is 41.3 Å². The number of carbonyl (C=O) groups is 4. The Balaban J connectivity index is 1.54. The van der Waals surface area contributed by atoms with Crippen molar-refractivity contribution in [1.29, 1.82) is 0 Å². The van der Waals surface area contributed by atoms with Gasteiger partial charge in [0, 0.05) is 44.5 Å². The lowest BCUT2D eigenvalue weighted by molar-refractivity contribution is -0.144. The molecule has 9 nitrogen and oxygen atoms in total. The average Bonchev–Trinajstić information content (AvgIpc) is 3.21. The molecule has 1 aromatic carbocycles. The Hall–Kier alpha value is -3.62. The molecule has 1 saturated heterocycles. The lowest BCUT2D eigenvalue weighted by Crippen LogP contribution is -2.52. The Morgan fingerprint density at radius 3 is 2.14 bits per heavy atom. The van der Waals surface area contributed by atoms with E-state index in [9.17, 15) is 19.2 Å². The van der Waals surface area contributed by atoms with Crippen LogP contribution in [0, 0.1) is 0 Å². The van der Waals surface area contributed by atoms with Crippen LogP contribution in [0.2, 0.25) is 0 Å². The van der Waals surface area contributed by atoms with Gasteiger partial charge in [-0.15, -0.1) is 0 Å². The molecule has 146 valence electrons. The van der Waals surface area contributed by atoms with Crippen molar-refractivity contribution in [2.75, 3.05) is 36.8 Å². The number of hydrogen-bond donors (Lipinski definition) is 2. The first-order chi connectivity index (χ1) is 13.4. The molecule has 0 aliphatic carbocycles. The van der Waals surface area contributed by atoms with Gasteiger partial charge in [0.25, 0.3) is 5.91 Å². The maximum Gasteiger partial charge on any atom is 0.313 e. The summed E-state index contributed by atoms with van der Waals surface area (Å²) >= 11 is 0. The first kappa shape index (κ1) is 19.2. The van der Waals surface area contributed by atoms with E-state index in [1.165, 1.54) is 18.1 Å². The zero-order valence-corrected chi connectivity index (χ0v) is 15.3. The number of nitrogens with zero attached hydrogens (tertiary/aromatic N) is 2. The van der Waals surface area contributed by atoms with Gasteiger partial charge in [0.15, 0.2) is 5.76 Å². The van der Waals surface area contributed by atoms with E-state index in [0.717, 1.165) is 0 Å². The standard InChI is InChI=1S/C19H20N4O5/c1-13(24)20-14-4-2-5-15(12-14)21-17(25)19(27)23-9-7-22(8-10-23)18(26)16-6-3-11-28-16/h2-6,11-12H,7-10H2,1H3,(H,20,24)(H,21,25). The van der Waals surface area contributed by atoms with Crippen LogP contribution in [0.4, 0.5) is 11.4 Å². The first-order valence-corrected chi connectivity index (χ1v) is 8.75. The first-order valence-electron chi connectivity index (χ1n) is 8.75. The molecule has 0 unspecified atom stereocenters. The third-order valence-electron chi connectivity index (χ3n) is 4.22. The van der Waals surface area contributed by atoms with Crippen molar-refractivity contribution in [2.24, 2.45) is 0 Å². The van der Waals surface area contributed by atoms with Gasteiger partial charge in [-0.3, -0.25) is 19.2 Å². The minimum absolute atomic E-state index is 0.235. The van der Waals surface area contributed by atoms with Gasteiger partial charge in [-0.2, -0.15) is 0 Å². The molecule has 0 spiro atoms. The number of benzene rings is 1. The Kier molecular flexibility index (Phi) is 5.73. The van der Waals surface area contributed by atoms with E-state index in [4.69, 9.17) is 4.42 Å². The largest absolute Gasteiger partial charge is 0.459 e. The topological polar surface area (TPSA) is 112 Å². The Labute approximate surface area is 161 Å². The highest BCUT2D eigenvalue weighted by atomic mass is 16.3. The molecule has 0 radical (unpaired) electrons. The van der Waals surface area contributed by atoms with Gasteiger partial charge in [-0.1, -0.05) is 6.07 Å². The summed E-state index contributed by atoms with van der Waals surface area (Å²) < 4.78 is 5.10. The third kappa shape index (κ3) is 4.56. The van der Waals surface area contributed by atoms with E-state index < -0.39 is 11.8 Å². The number of rotatable bonds is 3. The van der Waals surface area contributed by atoms with Crippen molar-refractivity contribution >= 4 is 35.0 Å². The number of furan rings is 1. The Morgan fingerprint density at radius 2 is 1.54 bits per heavy atom. The summed E-state index contributed by atoms with van der Waals surface area (Å²) in [5.41, 5.74) is 0.916. The molecule has 28 heavy (non-hydrogen) atoms. The van der Waals surface area contributed by atoms with E-state index in [2.05, 4.69) is 10.6 Å². The van der Waals surface area contributed by atoms with Crippen LogP contribution in [0.3, 0.4) is 0 Å². The monoisotopic (exact) mass is 384 g/mol. The van der Waals surface area contributed by atoms with Crippen molar-refractivity contribution in [2.45, 2.75) is 6.92 Å². The fraction of sp³-hybridized carbons (Fsp3) is 0.263. The summed E-state index contributed by atoms with van der Waals surface area (Å²) in [7, 11) is 0. The molecule has 0 saturated carbocycles. The lowest BCUT2D eigenvalue weighted by atomic mass is 10.2. The molecule has 9 heteroatoms. The van der Waals surface area contributed by atoms with Crippen LogP contribution in [-0.2, 0) is 14.4 Å². The lowest BCUT2D eigenvalue weighted by Gasteiger charge is -2.33. The maximum atomic E-state index is 12.4. The van der Waals surface area contributed by atoms with Gasteiger partial charge in [0.05, 0.1) is 6.26 Å². The normalized spacial score (nSPS) is 13.8. The van der Waals surface area contributed by atoms with Gasteiger partial charge in [-0.05, 0) is 30.3 Å². The van der Waals surface area contributed by atoms with E-state index in [1.807, 2.05) is 0 Å². The van der Waals surface area contributed by atoms with Crippen LogP contribution >= 0.6 is 0 Å². The predicted molar refractivity (Wildman–Crippen MR) is 101 cm³/mol. The van der Waals surface area contributed by atoms with Crippen molar-refractivity contribution < 1.29 is 23.6 Å². The molecule has 1 aromatic heterocycles. The molecule has 4 amide bonds. The number of amides is 4. The second kappa shape index (κ2) is 8.38. The van der Waals surface area contributed by atoms with E-state index >= 15 is 0 Å². The molecule has 2 N–H and O–H groups in total. The van der Waals surface area contributed by atoms with Crippen molar-refractivity contribution in [3.8, 4) is 0 Å². The zero-order valence-electron chi connectivity index (χ0n) is 15.3. The molecule has 1 aliphatic rings. The molecule has 1 fully saturated rings. The van der Waals surface area contributed by atoms with Gasteiger partial charge in [0.2, 0.25) is 5.91 Å². The number of nitrogens with one attached hydrogen (secondary N) is 2. The Bertz CT molecular complexity index is 885. The predicted octanol–water partition coefficient (Wildman–Crippen LogP) is 1.16. The molecule has 0 atom stereocenters. The van der Waals surface area contributed by atoms with Crippen LogP contribution in [0.1, 0.15) is 17.5 Å². The molecule has 2 heterocycles. The summed E-state index contributed by atoms with van der Waals surface area (Å²) in [6.45, 7) is 2.52. The van der Waals surface area contributed by atoms with Crippen LogP contribution in [-0.4, -0.2) is 59.6 Å². The van der Waals surface area contributed by atoms with Crippen molar-refractivity contribution in [3.05, 3.63) is 48.4 Å². The van der Waals surface area contributed by atoms with E-state index in [0.29, 0.717) is 24.5 Å². The summed E-state index contributed by atoms with van der Waals surface area (Å²) in [4.78, 5) is 51.0. The average molecular weight is 384 g/mol. The SMILES string of the molecule is CC(=O)Nc1cccc(NC(=O)C(=O)N2CCN(C(=O)c3ccco3)CC2)c1. The highest BCUT2D eigenvalue weighted by Crippen LogP contribution is 2.15. The smallest absolute Gasteiger partial charge is 0.313 e. The van der Waals surface area contributed by atoms with E-state index in [-0.39, 0.29) is 30.7 Å². The molecule has 2 aromatic rings. The van der Waals surface area contributed by atoms with Gasteiger partial charge < -0.3 is 24.9 Å². The van der Waals surface area contributed by atoms with Gasteiger partial charge in [-0.25, -0.2) is 0 Å². The molecule has 1 aliphatic heterocycles. The third-order valence-corrected chi connectivity index (χ3v) is 4.22. The number of carbonyl (C=O) groups excluding carboxylic acids is 4. The summed E-state index contributed by atoms with van der Waals surface area (Å²) in [5, 5.41) is 5.14. The second-order valence-corrected chi connectivity index (χ2v) is 6.28. The molecule has 3 rings (SSSR count). The van der Waals surface area contributed by atoms with Crippen molar-refractivity contribution in [1.82, 2.24) is 9.80 Å². The van der Waals surface area contributed by atoms with Gasteiger partial charge >= 0.3 is 11.8 Å². The van der Waals surface area contributed by atoms with Crippen LogP contribution in [0.5, 0.6) is 0 Å². The summed E-state index contributed by atoms with van der Waals surface area (Å²) in [6.07, 6.45) is 1.43. The fourth-order valence-corrected chi connectivity index (χ4v) is 2.87. The Morgan fingerprint density at radius 1 is 0.893 bits per heavy atom. The highest BCUT2D eigenvalue weighted by molar-refractivity contribution is 6.39. The van der Waals surface area contributed by atoms with Crippen LogP contribution < -0.4 is 10.6 Å². The fourth-order valence-electron chi connectivity index (χ4n) is 2.87. The number of piperazine rings is 1. The minimum atomic E-state index is -0.772. The molecular weight excluding hydrogens is 364 g/mol. The molecular formula is C19H20N4O5. The summed E-state index contributed by atoms with van der Waals surface area (Å²) in [6, 6.07) is 9.74. The zero-order chi connectivity index (χ0) is 20.1. The minimum Gasteiger partial charge on any atom is -0.459 e. The maximum absolute atomic E-state index is 12.4. The van der Waals surface area contributed by atoms with Crippen molar-refractivity contribution in [3.63, 3.8) is 0 Å². The number of anilines is 2. The second-order valence-electron chi connectivity index (χ2n) is 6.28. The summed E-state index contributed by atoms with van der Waals surface area (Å²) in [5.74, 6) is -1.67.